The minimum Gasteiger partial charge on any atom is -0.376 e. The Hall–Kier alpha value is -1.54. The van der Waals surface area contributed by atoms with Crippen LogP contribution in [-0.4, -0.2) is 75.3 Å². The van der Waals surface area contributed by atoms with Crippen LogP contribution in [0, 0.1) is 0 Å². The number of likely N-dealkylation sites (tertiary alicyclic amines) is 1. The summed E-state index contributed by atoms with van der Waals surface area (Å²) in [7, 11) is 1.83. The number of hydrogen-bond acceptors (Lipinski definition) is 6. The van der Waals surface area contributed by atoms with Gasteiger partial charge in [-0.3, -0.25) is 9.69 Å². The lowest BCUT2D eigenvalue weighted by Gasteiger charge is -2.27. The van der Waals surface area contributed by atoms with Crippen molar-refractivity contribution in [2.24, 2.45) is 0 Å². The van der Waals surface area contributed by atoms with E-state index < -0.39 is 0 Å². The molecule has 0 aromatic carbocycles. The van der Waals surface area contributed by atoms with Crippen molar-refractivity contribution in [1.29, 1.82) is 0 Å². The van der Waals surface area contributed by atoms with Crippen LogP contribution < -0.4 is 0 Å². The quantitative estimate of drug-likeness (QED) is 0.764. The molecular weight excluding hydrogens is 320 g/mol. The third-order valence-corrected chi connectivity index (χ3v) is 5.13. The van der Waals surface area contributed by atoms with Gasteiger partial charge in [-0.25, -0.2) is 4.68 Å². The molecule has 3 rings (SSSR count). The van der Waals surface area contributed by atoms with Crippen molar-refractivity contribution in [3.63, 3.8) is 0 Å². The molecule has 0 aliphatic carbocycles. The number of likely N-dealkylation sites (N-methyl/N-ethyl adjacent to an activating group) is 1. The van der Waals surface area contributed by atoms with E-state index in [9.17, 15) is 4.79 Å². The second-order valence-corrected chi connectivity index (χ2v) is 7.21. The molecule has 8 heteroatoms. The van der Waals surface area contributed by atoms with Gasteiger partial charge in [0.05, 0.1) is 12.6 Å². The summed E-state index contributed by atoms with van der Waals surface area (Å²) >= 11 is 0. The van der Waals surface area contributed by atoms with E-state index in [1.54, 1.807) is 9.58 Å². The van der Waals surface area contributed by atoms with E-state index in [2.05, 4.69) is 20.4 Å². The Morgan fingerprint density at radius 1 is 1.20 bits per heavy atom. The first-order chi connectivity index (χ1) is 12.2. The van der Waals surface area contributed by atoms with E-state index in [1.807, 2.05) is 7.05 Å². The molecule has 0 spiro atoms. The highest BCUT2D eigenvalue weighted by Crippen LogP contribution is 2.14. The van der Waals surface area contributed by atoms with E-state index >= 15 is 0 Å². The van der Waals surface area contributed by atoms with E-state index in [0.717, 1.165) is 44.9 Å². The topological polar surface area (TPSA) is 76.4 Å². The minimum absolute atomic E-state index is 0.0265. The van der Waals surface area contributed by atoms with Gasteiger partial charge in [0.2, 0.25) is 5.91 Å². The van der Waals surface area contributed by atoms with Crippen LogP contribution in [0.2, 0.25) is 0 Å². The fourth-order valence-corrected chi connectivity index (χ4v) is 3.56. The van der Waals surface area contributed by atoms with Gasteiger partial charge in [0.15, 0.2) is 5.82 Å². The molecule has 1 atom stereocenters. The summed E-state index contributed by atoms with van der Waals surface area (Å²) in [5.41, 5.74) is 0. The first kappa shape index (κ1) is 18.3. The van der Waals surface area contributed by atoms with Crippen LogP contribution in [0.25, 0.3) is 0 Å². The van der Waals surface area contributed by atoms with Crippen LogP contribution >= 0.6 is 0 Å². The SMILES string of the molecule is CN(CC1CCCCO1)C(=O)Cn1nnnc1CN1CCCCCC1. The molecule has 2 aliphatic heterocycles. The molecule has 2 saturated heterocycles. The first-order valence-electron chi connectivity index (χ1n) is 9.55. The fraction of sp³-hybridized carbons (Fsp3) is 0.882. The number of nitrogens with zero attached hydrogens (tertiary/aromatic N) is 6. The third kappa shape index (κ3) is 5.47. The van der Waals surface area contributed by atoms with Crippen molar-refractivity contribution < 1.29 is 9.53 Å². The molecule has 1 aromatic rings. The molecule has 1 amide bonds. The van der Waals surface area contributed by atoms with Gasteiger partial charge in [-0.05, 0) is 55.6 Å². The minimum atomic E-state index is 0.0265. The summed E-state index contributed by atoms with van der Waals surface area (Å²) in [6.45, 7) is 4.52. The maximum Gasteiger partial charge on any atom is 0.244 e. The van der Waals surface area contributed by atoms with Crippen molar-refractivity contribution in [2.75, 3.05) is 33.3 Å². The number of amides is 1. The van der Waals surface area contributed by atoms with Gasteiger partial charge in [0.1, 0.15) is 6.54 Å². The lowest BCUT2D eigenvalue weighted by Crippen LogP contribution is -2.39. The molecule has 2 fully saturated rings. The standard InChI is InChI=1S/C17H30N6O2/c1-21(12-15-8-4-7-11-25-15)17(24)14-23-16(18-19-20-23)13-22-9-5-2-3-6-10-22/h15H,2-14H2,1H3. The zero-order valence-electron chi connectivity index (χ0n) is 15.3. The maximum atomic E-state index is 12.5. The lowest BCUT2D eigenvalue weighted by atomic mass is 10.1. The van der Waals surface area contributed by atoms with Crippen molar-refractivity contribution >= 4 is 5.91 Å². The fourth-order valence-electron chi connectivity index (χ4n) is 3.56. The highest BCUT2D eigenvalue weighted by molar-refractivity contribution is 5.75. The molecule has 2 aliphatic rings. The number of aromatic nitrogens is 4. The molecule has 25 heavy (non-hydrogen) atoms. The summed E-state index contributed by atoms with van der Waals surface area (Å²) in [6, 6.07) is 0. The number of tetrazole rings is 1. The number of carbonyl (C=O) groups is 1. The summed E-state index contributed by atoms with van der Waals surface area (Å²) in [6.07, 6.45) is 8.55. The smallest absolute Gasteiger partial charge is 0.244 e. The Morgan fingerprint density at radius 3 is 2.72 bits per heavy atom. The number of carbonyl (C=O) groups excluding carboxylic acids is 1. The van der Waals surface area contributed by atoms with Gasteiger partial charge in [0, 0.05) is 20.2 Å². The number of ether oxygens (including phenoxy) is 1. The van der Waals surface area contributed by atoms with Crippen molar-refractivity contribution in [3.05, 3.63) is 5.82 Å². The number of hydrogen-bond donors (Lipinski definition) is 0. The zero-order valence-corrected chi connectivity index (χ0v) is 15.3. The second-order valence-electron chi connectivity index (χ2n) is 7.21. The van der Waals surface area contributed by atoms with Gasteiger partial charge in [-0.2, -0.15) is 0 Å². The van der Waals surface area contributed by atoms with E-state index in [4.69, 9.17) is 4.74 Å². The van der Waals surface area contributed by atoms with Gasteiger partial charge in [0.25, 0.3) is 0 Å². The summed E-state index contributed by atoms with van der Waals surface area (Å²) in [5, 5.41) is 11.9. The Morgan fingerprint density at radius 2 is 2.00 bits per heavy atom. The molecule has 1 aromatic heterocycles. The van der Waals surface area contributed by atoms with Crippen LogP contribution in [0.3, 0.4) is 0 Å². The summed E-state index contributed by atoms with van der Waals surface area (Å²) < 4.78 is 7.37. The van der Waals surface area contributed by atoms with Crippen molar-refractivity contribution in [2.45, 2.75) is 64.1 Å². The van der Waals surface area contributed by atoms with Crippen LogP contribution in [0.1, 0.15) is 50.8 Å². The third-order valence-electron chi connectivity index (χ3n) is 5.13. The molecule has 8 nitrogen and oxygen atoms in total. The number of rotatable bonds is 6. The monoisotopic (exact) mass is 350 g/mol. The zero-order chi connectivity index (χ0) is 17.5. The molecule has 0 radical (unpaired) electrons. The Labute approximate surface area is 149 Å². The predicted octanol–water partition coefficient (Wildman–Crippen LogP) is 1.08. The van der Waals surface area contributed by atoms with E-state index in [-0.39, 0.29) is 18.6 Å². The average molecular weight is 350 g/mol. The molecule has 1 unspecified atom stereocenters. The predicted molar refractivity (Wildman–Crippen MR) is 92.8 cm³/mol. The van der Waals surface area contributed by atoms with Crippen LogP contribution in [0.4, 0.5) is 0 Å². The van der Waals surface area contributed by atoms with Crippen molar-refractivity contribution in [3.8, 4) is 0 Å². The highest BCUT2D eigenvalue weighted by Gasteiger charge is 2.21. The van der Waals surface area contributed by atoms with Gasteiger partial charge in [-0.1, -0.05) is 12.8 Å². The second kappa shape index (κ2) is 9.24. The van der Waals surface area contributed by atoms with E-state index in [0.29, 0.717) is 6.54 Å². The maximum absolute atomic E-state index is 12.5. The Balaban J connectivity index is 1.51. The van der Waals surface area contributed by atoms with Gasteiger partial charge < -0.3 is 9.64 Å². The molecule has 0 bridgehead atoms. The van der Waals surface area contributed by atoms with Crippen LogP contribution in [0.5, 0.6) is 0 Å². The summed E-state index contributed by atoms with van der Waals surface area (Å²) in [4.78, 5) is 16.7. The molecular formula is C17H30N6O2. The van der Waals surface area contributed by atoms with Crippen molar-refractivity contribution in [1.82, 2.24) is 30.0 Å². The largest absolute Gasteiger partial charge is 0.376 e. The highest BCUT2D eigenvalue weighted by atomic mass is 16.5. The molecule has 0 saturated carbocycles. The van der Waals surface area contributed by atoms with Crippen LogP contribution in [-0.2, 0) is 22.6 Å². The normalized spacial score (nSPS) is 22.5. The van der Waals surface area contributed by atoms with E-state index in [1.165, 1.54) is 32.1 Å². The van der Waals surface area contributed by atoms with Gasteiger partial charge >= 0.3 is 0 Å². The summed E-state index contributed by atoms with van der Waals surface area (Å²) in [5.74, 6) is 0.802. The molecule has 3 heterocycles. The van der Waals surface area contributed by atoms with Crippen LogP contribution in [0.15, 0.2) is 0 Å². The average Bonchev–Trinajstić information content (AvgIpc) is 2.88. The first-order valence-corrected chi connectivity index (χ1v) is 9.55. The Kier molecular flexibility index (Phi) is 6.75. The lowest BCUT2D eigenvalue weighted by molar-refractivity contribution is -0.133. The molecule has 140 valence electrons. The Bertz CT molecular complexity index is 535. The van der Waals surface area contributed by atoms with Gasteiger partial charge in [-0.15, -0.1) is 5.10 Å². The molecule has 0 N–H and O–H groups in total.